The lowest BCUT2D eigenvalue weighted by Crippen LogP contribution is -2.60. The number of halogens is 1. The number of carbonyl (C=O) groups is 1. The second-order valence-electron chi connectivity index (χ2n) is 9.14. The van der Waals surface area contributed by atoms with Gasteiger partial charge < -0.3 is 5.32 Å². The predicted octanol–water partition coefficient (Wildman–Crippen LogP) is 4.08. The van der Waals surface area contributed by atoms with E-state index in [-0.39, 0.29) is 22.4 Å². The van der Waals surface area contributed by atoms with Crippen LogP contribution in [0.4, 0.5) is 11.4 Å². The number of nitrogens with zero attached hydrogens (tertiary/aromatic N) is 4. The van der Waals surface area contributed by atoms with E-state index in [4.69, 9.17) is 11.6 Å². The van der Waals surface area contributed by atoms with Crippen molar-refractivity contribution in [3.63, 3.8) is 0 Å². The number of nitrogens with one attached hydrogen (secondary N) is 1. The van der Waals surface area contributed by atoms with Crippen molar-refractivity contribution in [1.29, 1.82) is 0 Å². The topological polar surface area (TPSA) is 103 Å². The average Bonchev–Trinajstić information content (AvgIpc) is 3.09. The SMILES string of the molecule is Cc1ccc(NC(=O)C23C[C@@H]4C[C@@H](C2)CC(n2cnc(Cl)n2)(C4)C3)cc1[N+](=O)[O-]. The first-order chi connectivity index (χ1) is 13.8. The maximum Gasteiger partial charge on any atom is 0.274 e. The van der Waals surface area contributed by atoms with Gasteiger partial charge in [-0.05, 0) is 75.0 Å². The number of nitro groups is 1. The van der Waals surface area contributed by atoms with Crippen molar-refractivity contribution in [2.45, 2.75) is 51.0 Å². The summed E-state index contributed by atoms with van der Waals surface area (Å²) >= 11 is 5.98. The molecule has 0 saturated heterocycles. The maximum absolute atomic E-state index is 13.5. The fraction of sp³-hybridized carbons (Fsp3) is 0.550. The van der Waals surface area contributed by atoms with E-state index in [0.29, 0.717) is 29.5 Å². The molecule has 0 unspecified atom stereocenters. The van der Waals surface area contributed by atoms with Gasteiger partial charge in [-0.25, -0.2) is 9.67 Å². The Kier molecular flexibility index (Phi) is 4.00. The number of anilines is 1. The summed E-state index contributed by atoms with van der Waals surface area (Å²) < 4.78 is 1.88. The summed E-state index contributed by atoms with van der Waals surface area (Å²) in [6.45, 7) is 1.69. The van der Waals surface area contributed by atoms with E-state index < -0.39 is 10.3 Å². The lowest BCUT2D eigenvalue weighted by molar-refractivity contribution is -0.385. The van der Waals surface area contributed by atoms with Gasteiger partial charge in [0.25, 0.3) is 5.69 Å². The Labute approximate surface area is 172 Å². The molecule has 8 nitrogen and oxygen atoms in total. The van der Waals surface area contributed by atoms with Crippen molar-refractivity contribution < 1.29 is 9.72 Å². The molecule has 29 heavy (non-hydrogen) atoms. The second kappa shape index (κ2) is 6.26. The highest BCUT2D eigenvalue weighted by atomic mass is 35.5. The van der Waals surface area contributed by atoms with Crippen LogP contribution in [0, 0.1) is 34.3 Å². The summed E-state index contributed by atoms with van der Waals surface area (Å²) in [5.74, 6) is 0.898. The van der Waals surface area contributed by atoms with Crippen LogP contribution < -0.4 is 5.32 Å². The Morgan fingerprint density at radius 2 is 2.03 bits per heavy atom. The van der Waals surface area contributed by atoms with Crippen LogP contribution in [0.5, 0.6) is 0 Å². The van der Waals surface area contributed by atoms with Gasteiger partial charge in [-0.15, -0.1) is 5.10 Å². The number of amides is 1. The van der Waals surface area contributed by atoms with E-state index in [1.54, 1.807) is 25.4 Å². The minimum absolute atomic E-state index is 0.0158. The summed E-state index contributed by atoms with van der Waals surface area (Å²) in [5.41, 5.74) is 0.357. The Balaban J connectivity index is 1.45. The number of benzene rings is 1. The van der Waals surface area contributed by atoms with Gasteiger partial charge in [0.2, 0.25) is 11.2 Å². The molecule has 0 spiro atoms. The van der Waals surface area contributed by atoms with Crippen LogP contribution in [0.2, 0.25) is 5.28 Å². The molecule has 1 aromatic heterocycles. The van der Waals surface area contributed by atoms with Crippen LogP contribution >= 0.6 is 11.6 Å². The van der Waals surface area contributed by atoms with E-state index in [2.05, 4.69) is 15.4 Å². The Bertz CT molecular complexity index is 1010. The van der Waals surface area contributed by atoms with Gasteiger partial charge in [0.15, 0.2) is 0 Å². The normalized spacial score (nSPS) is 32.3. The number of nitro benzene ring substituents is 1. The van der Waals surface area contributed by atoms with Crippen LogP contribution in [-0.4, -0.2) is 25.6 Å². The Morgan fingerprint density at radius 1 is 1.31 bits per heavy atom. The first-order valence-corrected chi connectivity index (χ1v) is 10.3. The van der Waals surface area contributed by atoms with E-state index in [1.807, 2.05) is 4.68 Å². The third-order valence-electron chi connectivity index (χ3n) is 7.13. The van der Waals surface area contributed by atoms with Gasteiger partial charge in [0, 0.05) is 17.3 Å². The van der Waals surface area contributed by atoms with Crippen LogP contribution in [0.1, 0.15) is 44.1 Å². The number of carbonyl (C=O) groups excluding carboxylic acids is 1. The maximum atomic E-state index is 13.5. The van der Waals surface area contributed by atoms with Gasteiger partial charge in [-0.2, -0.15) is 0 Å². The Hall–Kier alpha value is -2.48. The molecule has 4 fully saturated rings. The zero-order chi connectivity index (χ0) is 20.4. The highest BCUT2D eigenvalue weighted by Gasteiger charge is 2.61. The molecule has 1 heterocycles. The molecule has 6 rings (SSSR count). The second-order valence-corrected chi connectivity index (χ2v) is 9.47. The van der Waals surface area contributed by atoms with Gasteiger partial charge in [0.1, 0.15) is 6.33 Å². The molecule has 0 radical (unpaired) electrons. The summed E-state index contributed by atoms with van der Waals surface area (Å²) in [5, 5.41) is 18.8. The molecule has 1 N–H and O–H groups in total. The number of rotatable bonds is 4. The molecular weight excluding hydrogens is 394 g/mol. The van der Waals surface area contributed by atoms with E-state index >= 15 is 0 Å². The van der Waals surface area contributed by atoms with Gasteiger partial charge in [-0.1, -0.05) is 6.07 Å². The van der Waals surface area contributed by atoms with Crippen LogP contribution in [0.3, 0.4) is 0 Å². The number of hydrogen-bond acceptors (Lipinski definition) is 5. The molecular formula is C20H22ClN5O3. The van der Waals surface area contributed by atoms with Gasteiger partial charge >= 0.3 is 0 Å². The number of hydrogen-bond donors (Lipinski definition) is 1. The standard InChI is InChI=1S/C20H22ClN5O3/c1-12-2-3-15(5-16(12)26(28)29)23-17(27)19-6-13-4-14(7-19)9-20(8-13,10-19)25-11-22-18(21)24-25/h2-3,5,11,13-14H,4,6-10H2,1H3,(H,23,27)/t13-,14-,19?,20?/m0/s1. The molecule has 4 saturated carbocycles. The average molecular weight is 416 g/mol. The fourth-order valence-corrected chi connectivity index (χ4v) is 6.49. The minimum atomic E-state index is -0.484. The molecule has 0 aliphatic heterocycles. The zero-order valence-corrected chi connectivity index (χ0v) is 16.9. The van der Waals surface area contributed by atoms with Crippen molar-refractivity contribution in [2.24, 2.45) is 17.3 Å². The zero-order valence-electron chi connectivity index (χ0n) is 16.1. The quantitative estimate of drug-likeness (QED) is 0.598. The lowest BCUT2D eigenvalue weighted by Gasteiger charge is -2.60. The molecule has 4 aliphatic carbocycles. The van der Waals surface area contributed by atoms with Gasteiger partial charge in [-0.3, -0.25) is 14.9 Å². The van der Waals surface area contributed by atoms with Crippen molar-refractivity contribution in [3.8, 4) is 0 Å². The predicted molar refractivity (Wildman–Crippen MR) is 107 cm³/mol. The molecule has 2 atom stereocenters. The van der Waals surface area contributed by atoms with Crippen molar-refractivity contribution in [1.82, 2.24) is 14.8 Å². The van der Waals surface area contributed by atoms with E-state index in [0.717, 1.165) is 32.1 Å². The molecule has 2 aromatic rings. The number of aryl methyl sites for hydroxylation is 1. The Morgan fingerprint density at radius 3 is 2.66 bits per heavy atom. The molecule has 4 aliphatic rings. The van der Waals surface area contributed by atoms with Crippen molar-refractivity contribution in [2.75, 3.05) is 5.32 Å². The fourth-order valence-electron chi connectivity index (χ4n) is 6.37. The molecule has 1 amide bonds. The van der Waals surface area contributed by atoms with E-state index in [1.165, 1.54) is 6.07 Å². The first kappa shape index (κ1) is 18.5. The minimum Gasteiger partial charge on any atom is -0.325 e. The lowest BCUT2D eigenvalue weighted by atomic mass is 9.46. The highest BCUT2D eigenvalue weighted by Crippen LogP contribution is 2.64. The molecule has 4 bridgehead atoms. The first-order valence-electron chi connectivity index (χ1n) is 9.93. The summed E-state index contributed by atoms with van der Waals surface area (Å²) in [4.78, 5) is 28.4. The molecule has 152 valence electrons. The third-order valence-corrected chi connectivity index (χ3v) is 7.30. The van der Waals surface area contributed by atoms with Crippen LogP contribution in [-0.2, 0) is 10.3 Å². The smallest absolute Gasteiger partial charge is 0.274 e. The summed E-state index contributed by atoms with van der Waals surface area (Å²) in [7, 11) is 0. The monoisotopic (exact) mass is 415 g/mol. The molecule has 9 heteroatoms. The van der Waals surface area contributed by atoms with Crippen molar-refractivity contribution in [3.05, 3.63) is 45.5 Å². The van der Waals surface area contributed by atoms with E-state index in [9.17, 15) is 14.9 Å². The third kappa shape index (κ3) is 2.92. The highest BCUT2D eigenvalue weighted by molar-refractivity contribution is 6.28. The molecule has 1 aromatic carbocycles. The summed E-state index contributed by atoms with van der Waals surface area (Å²) in [6.07, 6.45) is 7.23. The van der Waals surface area contributed by atoms with Gasteiger partial charge in [0.05, 0.1) is 15.9 Å². The summed E-state index contributed by atoms with van der Waals surface area (Å²) in [6, 6.07) is 4.85. The van der Waals surface area contributed by atoms with Crippen molar-refractivity contribution >= 4 is 28.9 Å². The number of aromatic nitrogens is 3. The van der Waals surface area contributed by atoms with Crippen LogP contribution in [0.25, 0.3) is 0 Å². The van der Waals surface area contributed by atoms with Crippen LogP contribution in [0.15, 0.2) is 24.5 Å². The largest absolute Gasteiger partial charge is 0.325 e.